The number of hydrogen-bond donors (Lipinski definition) is 2. The minimum atomic E-state index is -0.385. The highest BCUT2D eigenvalue weighted by Crippen LogP contribution is 2.24. The number of nitrogens with one attached hydrogen (secondary N) is 2. The van der Waals surface area contributed by atoms with Crippen molar-refractivity contribution in [2.75, 3.05) is 5.32 Å². The van der Waals surface area contributed by atoms with E-state index < -0.39 is 0 Å². The van der Waals surface area contributed by atoms with Crippen molar-refractivity contribution in [3.8, 4) is 11.5 Å². The summed E-state index contributed by atoms with van der Waals surface area (Å²) in [5.74, 6) is 0.984. The van der Waals surface area contributed by atoms with Gasteiger partial charge in [0.15, 0.2) is 0 Å². The van der Waals surface area contributed by atoms with Gasteiger partial charge in [-0.3, -0.25) is 9.59 Å². The van der Waals surface area contributed by atoms with Crippen LogP contribution in [0.5, 0.6) is 11.5 Å². The lowest BCUT2D eigenvalue weighted by molar-refractivity contribution is 0.102. The molecule has 2 N–H and O–H groups in total. The lowest BCUT2D eigenvalue weighted by atomic mass is 10.1. The van der Waals surface area contributed by atoms with Crippen LogP contribution in [0, 0.1) is 0 Å². The summed E-state index contributed by atoms with van der Waals surface area (Å²) in [5, 5.41) is 4.04. The molecule has 0 saturated heterocycles. The van der Waals surface area contributed by atoms with Crippen molar-refractivity contribution < 1.29 is 9.53 Å². The minimum Gasteiger partial charge on any atom is -0.457 e. The molecule has 1 amide bonds. The Balaban J connectivity index is 1.49. The van der Waals surface area contributed by atoms with E-state index in [1.807, 2.05) is 30.3 Å². The second-order valence-corrected chi connectivity index (χ2v) is 7.05. The third-order valence-corrected chi connectivity index (χ3v) is 4.69. The first-order valence-corrected chi connectivity index (χ1v) is 9.35. The van der Waals surface area contributed by atoms with E-state index in [0.717, 1.165) is 9.86 Å². The van der Waals surface area contributed by atoms with E-state index in [-0.39, 0.29) is 17.2 Å². The van der Waals surface area contributed by atoms with Crippen LogP contribution in [0.1, 0.15) is 10.5 Å². The molecule has 0 atom stereocenters. The van der Waals surface area contributed by atoms with E-state index in [1.165, 1.54) is 0 Å². The van der Waals surface area contributed by atoms with Crippen LogP contribution in [-0.4, -0.2) is 10.9 Å². The lowest BCUT2D eigenvalue weighted by Gasteiger charge is -2.09. The van der Waals surface area contributed by atoms with Gasteiger partial charge in [-0.2, -0.15) is 0 Å². The number of H-pyrrole nitrogens is 1. The second-order valence-electron chi connectivity index (χ2n) is 6.13. The summed E-state index contributed by atoms with van der Waals surface area (Å²) in [6.45, 7) is 0. The van der Waals surface area contributed by atoms with Crippen molar-refractivity contribution in [2.45, 2.75) is 0 Å². The molecule has 0 aliphatic rings. The zero-order chi connectivity index (χ0) is 19.5. The molecule has 4 aromatic rings. The fraction of sp³-hybridized carbons (Fsp3) is 0. The Morgan fingerprint density at radius 2 is 1.54 bits per heavy atom. The summed E-state index contributed by atoms with van der Waals surface area (Å²) in [7, 11) is 0. The molecule has 0 aliphatic heterocycles. The molecule has 0 fully saturated rings. The number of hydrogen-bond acceptors (Lipinski definition) is 3. The minimum absolute atomic E-state index is 0.207. The maximum Gasteiger partial charge on any atom is 0.272 e. The molecule has 28 heavy (non-hydrogen) atoms. The molecule has 3 aromatic carbocycles. The molecule has 4 rings (SSSR count). The largest absolute Gasteiger partial charge is 0.457 e. The van der Waals surface area contributed by atoms with E-state index in [1.54, 1.807) is 48.5 Å². The highest BCUT2D eigenvalue weighted by molar-refractivity contribution is 9.10. The molecule has 1 heterocycles. The maximum atomic E-state index is 12.5. The molecule has 6 heteroatoms. The van der Waals surface area contributed by atoms with Crippen LogP contribution < -0.4 is 15.6 Å². The van der Waals surface area contributed by atoms with Gasteiger partial charge in [0.2, 0.25) is 0 Å². The molecule has 0 bridgehead atoms. The van der Waals surface area contributed by atoms with Crippen LogP contribution in [0.25, 0.3) is 10.8 Å². The number of halogens is 1. The van der Waals surface area contributed by atoms with Crippen LogP contribution in [0.3, 0.4) is 0 Å². The Bertz CT molecular complexity index is 1200. The zero-order valence-electron chi connectivity index (χ0n) is 14.6. The number of carbonyl (C=O) groups is 1. The van der Waals surface area contributed by atoms with Gasteiger partial charge in [0.05, 0.1) is 0 Å². The van der Waals surface area contributed by atoms with Crippen molar-refractivity contribution in [1.82, 2.24) is 4.98 Å². The number of anilines is 1. The van der Waals surface area contributed by atoms with Gasteiger partial charge >= 0.3 is 0 Å². The summed E-state index contributed by atoms with van der Waals surface area (Å²) >= 11 is 3.38. The van der Waals surface area contributed by atoms with E-state index in [2.05, 4.69) is 26.2 Å². The molecule has 0 spiro atoms. The van der Waals surface area contributed by atoms with Crippen LogP contribution in [-0.2, 0) is 0 Å². The number of carbonyl (C=O) groups excluding carboxylic acids is 1. The summed E-state index contributed by atoms with van der Waals surface area (Å²) in [5.41, 5.74) is 0.516. The van der Waals surface area contributed by atoms with Gasteiger partial charge in [0.1, 0.15) is 17.2 Å². The van der Waals surface area contributed by atoms with Gasteiger partial charge in [0.25, 0.3) is 11.5 Å². The van der Waals surface area contributed by atoms with Crippen LogP contribution >= 0.6 is 15.9 Å². The van der Waals surface area contributed by atoms with Gasteiger partial charge in [-0.15, -0.1) is 0 Å². The van der Waals surface area contributed by atoms with Crippen molar-refractivity contribution in [3.63, 3.8) is 0 Å². The molecule has 0 unspecified atom stereocenters. The Labute approximate surface area is 169 Å². The Hall–Kier alpha value is -3.38. The molecular weight excluding hydrogens is 420 g/mol. The molecular formula is C22H15BrN2O3. The molecule has 0 aliphatic carbocycles. The molecule has 1 aromatic heterocycles. The smallest absolute Gasteiger partial charge is 0.272 e. The molecule has 0 saturated carbocycles. The van der Waals surface area contributed by atoms with Gasteiger partial charge in [-0.05, 0) is 66.0 Å². The Morgan fingerprint density at radius 1 is 0.893 bits per heavy atom. The van der Waals surface area contributed by atoms with Crippen LogP contribution in [0.4, 0.5) is 5.69 Å². The van der Waals surface area contributed by atoms with Gasteiger partial charge in [-0.25, -0.2) is 0 Å². The van der Waals surface area contributed by atoms with Crippen LogP contribution in [0.15, 0.2) is 88.1 Å². The number of fused-ring (bicyclic) bond motifs is 1. The first-order chi connectivity index (χ1) is 13.6. The summed E-state index contributed by atoms with van der Waals surface area (Å²) < 4.78 is 6.74. The number of aromatic amines is 1. The van der Waals surface area contributed by atoms with Gasteiger partial charge in [0, 0.05) is 15.5 Å². The second kappa shape index (κ2) is 7.70. The average molecular weight is 435 g/mol. The topological polar surface area (TPSA) is 71.2 Å². The van der Waals surface area contributed by atoms with Crippen molar-refractivity contribution in [1.29, 1.82) is 0 Å². The van der Waals surface area contributed by atoms with Crippen molar-refractivity contribution in [3.05, 3.63) is 99.4 Å². The van der Waals surface area contributed by atoms with Crippen molar-refractivity contribution >= 4 is 38.3 Å². The zero-order valence-corrected chi connectivity index (χ0v) is 16.2. The SMILES string of the molecule is O=C(Nc1ccc(Oc2ccc(Br)cc2)cc1)c1cc2ccccc2c(=O)[nH]1. The highest BCUT2D eigenvalue weighted by atomic mass is 79.9. The Kier molecular flexibility index (Phi) is 4.95. The molecule has 138 valence electrons. The lowest BCUT2D eigenvalue weighted by Crippen LogP contribution is -2.18. The Morgan fingerprint density at radius 3 is 2.25 bits per heavy atom. The normalized spacial score (nSPS) is 10.6. The predicted octanol–water partition coefficient (Wildman–Crippen LogP) is 5.34. The molecule has 0 radical (unpaired) electrons. The number of benzene rings is 3. The average Bonchev–Trinajstić information content (AvgIpc) is 2.71. The quantitative estimate of drug-likeness (QED) is 0.455. The van der Waals surface area contributed by atoms with E-state index in [0.29, 0.717) is 22.6 Å². The predicted molar refractivity (Wildman–Crippen MR) is 113 cm³/mol. The molecule has 5 nitrogen and oxygen atoms in total. The summed E-state index contributed by atoms with van der Waals surface area (Å²) in [6, 6.07) is 23.3. The summed E-state index contributed by atoms with van der Waals surface area (Å²) in [4.78, 5) is 27.3. The number of amides is 1. The first kappa shape index (κ1) is 18.0. The van der Waals surface area contributed by atoms with Gasteiger partial charge in [-0.1, -0.05) is 34.1 Å². The van der Waals surface area contributed by atoms with E-state index in [4.69, 9.17) is 4.74 Å². The summed E-state index contributed by atoms with van der Waals surface area (Å²) in [6.07, 6.45) is 0. The monoisotopic (exact) mass is 434 g/mol. The third kappa shape index (κ3) is 3.97. The first-order valence-electron chi connectivity index (χ1n) is 8.55. The number of aromatic nitrogens is 1. The van der Waals surface area contributed by atoms with E-state index >= 15 is 0 Å². The van der Waals surface area contributed by atoms with E-state index in [9.17, 15) is 9.59 Å². The number of rotatable bonds is 4. The number of ether oxygens (including phenoxy) is 1. The highest BCUT2D eigenvalue weighted by Gasteiger charge is 2.10. The van der Waals surface area contributed by atoms with Crippen molar-refractivity contribution in [2.24, 2.45) is 0 Å². The van der Waals surface area contributed by atoms with Gasteiger partial charge < -0.3 is 15.0 Å². The van der Waals surface area contributed by atoms with Crippen LogP contribution in [0.2, 0.25) is 0 Å². The standard InChI is InChI=1S/C22H15BrN2O3/c23-15-5-9-17(10-6-15)28-18-11-7-16(8-12-18)24-22(27)20-13-14-3-1-2-4-19(14)21(26)25-20/h1-13H,(H,24,27)(H,25,26). The third-order valence-electron chi connectivity index (χ3n) is 4.16. The fourth-order valence-corrected chi connectivity index (χ4v) is 3.04. The fourth-order valence-electron chi connectivity index (χ4n) is 2.78. The maximum absolute atomic E-state index is 12.5. The number of pyridine rings is 1.